The molecule has 2 aromatic carbocycles. The van der Waals surface area contributed by atoms with Gasteiger partial charge in [0.05, 0.1) is 11.7 Å². The van der Waals surface area contributed by atoms with Gasteiger partial charge in [-0.15, -0.1) is 0 Å². The molecule has 2 aromatic heterocycles. The van der Waals surface area contributed by atoms with E-state index in [0.29, 0.717) is 12.2 Å². The van der Waals surface area contributed by atoms with Crippen molar-refractivity contribution < 1.29 is 0 Å². The molecular formula is C24H23N3O. The van der Waals surface area contributed by atoms with Gasteiger partial charge in [-0.05, 0) is 36.7 Å². The highest BCUT2D eigenvalue weighted by Gasteiger charge is 2.20. The third kappa shape index (κ3) is 3.73. The first-order chi connectivity index (χ1) is 13.6. The number of rotatable bonds is 5. The standard InChI is InChI=1S/C24H23N3O/c1-18-13-14-22-25-21(15-23(28)27(22)16-18)17-26(2)24(19-9-5-3-6-10-19)20-11-7-4-8-12-20/h3-16,24H,17H2,1-2H3. The number of benzene rings is 2. The minimum absolute atomic E-state index is 0.0481. The number of fused-ring (bicyclic) bond motifs is 1. The van der Waals surface area contributed by atoms with Crippen molar-refractivity contribution in [3.63, 3.8) is 0 Å². The van der Waals surface area contributed by atoms with Gasteiger partial charge in [-0.25, -0.2) is 4.98 Å². The summed E-state index contributed by atoms with van der Waals surface area (Å²) < 4.78 is 1.60. The molecule has 4 rings (SSSR count). The van der Waals surface area contributed by atoms with Crippen molar-refractivity contribution in [3.8, 4) is 0 Å². The van der Waals surface area contributed by atoms with Gasteiger partial charge in [0.1, 0.15) is 5.65 Å². The van der Waals surface area contributed by atoms with E-state index in [1.165, 1.54) is 11.1 Å². The van der Waals surface area contributed by atoms with Crippen molar-refractivity contribution in [2.45, 2.75) is 19.5 Å². The molecule has 0 unspecified atom stereocenters. The van der Waals surface area contributed by atoms with Crippen LogP contribution in [0, 0.1) is 6.92 Å². The Kier molecular flexibility index (Phi) is 5.04. The Labute approximate surface area is 164 Å². The second-order valence-corrected chi connectivity index (χ2v) is 7.16. The van der Waals surface area contributed by atoms with Gasteiger partial charge in [0.15, 0.2) is 0 Å². The zero-order valence-corrected chi connectivity index (χ0v) is 16.1. The molecule has 0 spiro atoms. The number of aromatic nitrogens is 2. The quantitative estimate of drug-likeness (QED) is 0.528. The highest BCUT2D eigenvalue weighted by atomic mass is 16.1. The van der Waals surface area contributed by atoms with Gasteiger partial charge in [0, 0.05) is 18.8 Å². The molecule has 0 fully saturated rings. The molecule has 28 heavy (non-hydrogen) atoms. The lowest BCUT2D eigenvalue weighted by molar-refractivity contribution is 0.267. The average molecular weight is 369 g/mol. The third-order valence-corrected chi connectivity index (χ3v) is 4.94. The zero-order valence-electron chi connectivity index (χ0n) is 16.1. The molecule has 0 amide bonds. The van der Waals surface area contributed by atoms with E-state index in [2.05, 4.69) is 60.5 Å². The Morgan fingerprint density at radius 1 is 0.929 bits per heavy atom. The molecule has 0 saturated heterocycles. The first-order valence-electron chi connectivity index (χ1n) is 9.41. The van der Waals surface area contributed by atoms with Crippen molar-refractivity contribution in [1.82, 2.24) is 14.3 Å². The molecule has 140 valence electrons. The number of pyridine rings is 1. The number of aryl methyl sites for hydroxylation is 1. The Morgan fingerprint density at radius 2 is 1.54 bits per heavy atom. The van der Waals surface area contributed by atoms with E-state index < -0.39 is 0 Å². The van der Waals surface area contributed by atoms with Crippen LogP contribution in [0.25, 0.3) is 5.65 Å². The van der Waals surface area contributed by atoms with Gasteiger partial charge < -0.3 is 0 Å². The lowest BCUT2D eigenvalue weighted by atomic mass is 9.97. The number of nitrogens with zero attached hydrogens (tertiary/aromatic N) is 3. The number of hydrogen-bond donors (Lipinski definition) is 0. The van der Waals surface area contributed by atoms with Crippen LogP contribution in [0.1, 0.15) is 28.4 Å². The van der Waals surface area contributed by atoms with Crippen molar-refractivity contribution in [3.05, 3.63) is 118 Å². The fourth-order valence-electron chi connectivity index (χ4n) is 3.66. The highest BCUT2D eigenvalue weighted by Crippen LogP contribution is 2.28. The minimum atomic E-state index is -0.0481. The monoisotopic (exact) mass is 369 g/mol. The van der Waals surface area contributed by atoms with E-state index in [0.717, 1.165) is 11.3 Å². The van der Waals surface area contributed by atoms with Crippen LogP contribution in [0.2, 0.25) is 0 Å². The third-order valence-electron chi connectivity index (χ3n) is 4.94. The number of hydrogen-bond acceptors (Lipinski definition) is 3. The van der Waals surface area contributed by atoms with Gasteiger partial charge in [-0.1, -0.05) is 66.7 Å². The molecule has 0 aliphatic heterocycles. The largest absolute Gasteiger partial charge is 0.290 e. The summed E-state index contributed by atoms with van der Waals surface area (Å²) in [5, 5.41) is 0. The van der Waals surface area contributed by atoms with Gasteiger partial charge in [0.25, 0.3) is 5.56 Å². The van der Waals surface area contributed by atoms with Crippen LogP contribution in [0.4, 0.5) is 0 Å². The first kappa shape index (κ1) is 18.1. The van der Waals surface area contributed by atoms with Crippen LogP contribution in [0.5, 0.6) is 0 Å². The highest BCUT2D eigenvalue weighted by molar-refractivity contribution is 5.40. The molecule has 0 radical (unpaired) electrons. The summed E-state index contributed by atoms with van der Waals surface area (Å²) in [4.78, 5) is 19.5. The summed E-state index contributed by atoms with van der Waals surface area (Å²) in [7, 11) is 2.07. The summed E-state index contributed by atoms with van der Waals surface area (Å²) in [5.74, 6) is 0. The normalized spacial score (nSPS) is 11.4. The van der Waals surface area contributed by atoms with Gasteiger partial charge >= 0.3 is 0 Å². The fraction of sp³-hybridized carbons (Fsp3) is 0.167. The van der Waals surface area contributed by atoms with Crippen LogP contribution in [-0.2, 0) is 6.54 Å². The van der Waals surface area contributed by atoms with Gasteiger partial charge in [-0.3, -0.25) is 14.1 Å². The molecule has 4 heteroatoms. The second kappa shape index (κ2) is 7.79. The Balaban J connectivity index is 1.70. The average Bonchev–Trinajstić information content (AvgIpc) is 2.70. The maximum atomic E-state index is 12.5. The molecule has 0 bridgehead atoms. The molecule has 0 N–H and O–H groups in total. The van der Waals surface area contributed by atoms with Crippen molar-refractivity contribution in [2.75, 3.05) is 7.05 Å². The molecule has 2 heterocycles. The summed E-state index contributed by atoms with van der Waals surface area (Å²) in [5.41, 5.74) is 4.86. The van der Waals surface area contributed by atoms with Crippen LogP contribution < -0.4 is 5.56 Å². The van der Waals surface area contributed by atoms with E-state index in [1.807, 2.05) is 37.4 Å². The van der Waals surface area contributed by atoms with Crippen LogP contribution in [0.15, 0.2) is 89.9 Å². The van der Waals surface area contributed by atoms with Crippen molar-refractivity contribution in [1.29, 1.82) is 0 Å². The molecule has 4 aromatic rings. The maximum Gasteiger partial charge on any atom is 0.258 e. The first-order valence-corrected chi connectivity index (χ1v) is 9.41. The smallest absolute Gasteiger partial charge is 0.258 e. The van der Waals surface area contributed by atoms with E-state index in [1.54, 1.807) is 10.5 Å². The Hall–Kier alpha value is -3.24. The van der Waals surface area contributed by atoms with Crippen LogP contribution >= 0.6 is 0 Å². The second-order valence-electron chi connectivity index (χ2n) is 7.16. The topological polar surface area (TPSA) is 37.6 Å². The maximum absolute atomic E-state index is 12.5. The summed E-state index contributed by atoms with van der Waals surface area (Å²) in [6, 6.07) is 26.4. The van der Waals surface area contributed by atoms with Crippen LogP contribution in [-0.4, -0.2) is 21.3 Å². The molecule has 4 nitrogen and oxygen atoms in total. The molecule has 0 aliphatic carbocycles. The molecule has 0 saturated carbocycles. The fourth-order valence-corrected chi connectivity index (χ4v) is 3.66. The molecule has 0 aliphatic rings. The van der Waals surface area contributed by atoms with E-state index >= 15 is 0 Å². The van der Waals surface area contributed by atoms with E-state index in [-0.39, 0.29) is 11.6 Å². The van der Waals surface area contributed by atoms with E-state index in [9.17, 15) is 4.79 Å². The van der Waals surface area contributed by atoms with Crippen LogP contribution in [0.3, 0.4) is 0 Å². The lowest BCUT2D eigenvalue weighted by Crippen LogP contribution is -2.27. The van der Waals surface area contributed by atoms with Crippen molar-refractivity contribution in [2.24, 2.45) is 0 Å². The summed E-state index contributed by atoms with van der Waals surface area (Å²) in [6.45, 7) is 2.55. The molecule has 0 atom stereocenters. The zero-order chi connectivity index (χ0) is 19.5. The lowest BCUT2D eigenvalue weighted by Gasteiger charge is -2.29. The summed E-state index contributed by atoms with van der Waals surface area (Å²) in [6.07, 6.45) is 1.83. The van der Waals surface area contributed by atoms with Gasteiger partial charge in [-0.2, -0.15) is 0 Å². The van der Waals surface area contributed by atoms with Crippen molar-refractivity contribution >= 4 is 5.65 Å². The molecular weight excluding hydrogens is 346 g/mol. The Morgan fingerprint density at radius 3 is 2.14 bits per heavy atom. The van der Waals surface area contributed by atoms with Gasteiger partial charge in [0.2, 0.25) is 0 Å². The SMILES string of the molecule is Cc1ccc2nc(CN(C)C(c3ccccc3)c3ccccc3)cc(=O)n2c1. The Bertz CT molecular complexity index is 1100. The van der Waals surface area contributed by atoms with E-state index in [4.69, 9.17) is 4.98 Å². The summed E-state index contributed by atoms with van der Waals surface area (Å²) >= 11 is 0. The predicted molar refractivity (Wildman–Crippen MR) is 112 cm³/mol. The predicted octanol–water partition coefficient (Wildman–Crippen LogP) is 4.22. The minimum Gasteiger partial charge on any atom is -0.290 e.